The van der Waals surface area contributed by atoms with Gasteiger partial charge in [0, 0.05) is 5.92 Å². The third-order valence-electron chi connectivity index (χ3n) is 1.91. The second-order valence-corrected chi connectivity index (χ2v) is 2.76. The normalized spacial score (nSPS) is 19.6. The third-order valence-corrected chi connectivity index (χ3v) is 1.91. The van der Waals surface area contributed by atoms with E-state index in [-0.39, 0.29) is 0 Å². The fourth-order valence-corrected chi connectivity index (χ4v) is 1.08. The highest BCUT2D eigenvalue weighted by Gasteiger charge is 2.28. The minimum Gasteiger partial charge on any atom is -0.389 e. The Kier molecular flexibility index (Phi) is 5.30. The van der Waals surface area contributed by atoms with Crippen molar-refractivity contribution in [2.45, 2.75) is 18.3 Å². The van der Waals surface area contributed by atoms with E-state index in [9.17, 15) is 15.3 Å². The van der Waals surface area contributed by atoms with Gasteiger partial charge in [0.15, 0.2) is 0 Å². The van der Waals surface area contributed by atoms with Gasteiger partial charge in [0.2, 0.25) is 0 Å². The van der Waals surface area contributed by atoms with E-state index in [4.69, 9.17) is 0 Å². The number of aliphatic hydroxyl groups is 3. The molecule has 0 radical (unpaired) electrons. The first-order chi connectivity index (χ1) is 6.08. The molecule has 0 bridgehead atoms. The lowest BCUT2D eigenvalue weighted by atomic mass is 9.90. The van der Waals surface area contributed by atoms with Crippen molar-refractivity contribution >= 4 is 0 Å². The predicted octanol–water partition coefficient (Wildman–Crippen LogP) is 0.243. The van der Waals surface area contributed by atoms with Gasteiger partial charge in [0.05, 0.1) is 18.3 Å². The molecular weight excluding hydrogens is 168 g/mol. The Labute approximate surface area is 78.3 Å². The average Bonchev–Trinajstić information content (AvgIpc) is 2.16. The summed E-state index contributed by atoms with van der Waals surface area (Å²) in [6.45, 7) is 10.1. The maximum absolute atomic E-state index is 9.39. The zero-order chi connectivity index (χ0) is 10.4. The van der Waals surface area contributed by atoms with Crippen LogP contribution in [-0.2, 0) is 0 Å². The Morgan fingerprint density at radius 3 is 1.08 bits per heavy atom. The van der Waals surface area contributed by atoms with Gasteiger partial charge in [0.25, 0.3) is 0 Å². The van der Waals surface area contributed by atoms with Gasteiger partial charge in [-0.3, -0.25) is 0 Å². The van der Waals surface area contributed by atoms with E-state index < -0.39 is 24.2 Å². The predicted molar refractivity (Wildman–Crippen MR) is 52.1 cm³/mol. The summed E-state index contributed by atoms with van der Waals surface area (Å²) in [5.74, 6) is -0.757. The van der Waals surface area contributed by atoms with Crippen molar-refractivity contribution in [3.63, 3.8) is 0 Å². The van der Waals surface area contributed by atoms with Crippen LogP contribution in [0.1, 0.15) is 0 Å². The van der Waals surface area contributed by atoms with Crippen LogP contribution in [0.4, 0.5) is 0 Å². The van der Waals surface area contributed by atoms with Crippen molar-refractivity contribution in [2.75, 3.05) is 0 Å². The van der Waals surface area contributed by atoms with Crippen LogP contribution in [0.3, 0.4) is 0 Å². The van der Waals surface area contributed by atoms with E-state index in [2.05, 4.69) is 19.7 Å². The van der Waals surface area contributed by atoms with Crippen LogP contribution in [0.2, 0.25) is 0 Å². The van der Waals surface area contributed by atoms with Gasteiger partial charge in [-0.25, -0.2) is 0 Å². The van der Waals surface area contributed by atoms with Crippen LogP contribution in [0, 0.1) is 5.92 Å². The Hall–Kier alpha value is -0.900. The molecule has 3 nitrogen and oxygen atoms in total. The van der Waals surface area contributed by atoms with Crippen LogP contribution < -0.4 is 0 Å². The van der Waals surface area contributed by atoms with Crippen molar-refractivity contribution < 1.29 is 15.3 Å². The van der Waals surface area contributed by atoms with Gasteiger partial charge in [-0.2, -0.15) is 0 Å². The van der Waals surface area contributed by atoms with Crippen LogP contribution in [0.15, 0.2) is 38.0 Å². The Morgan fingerprint density at radius 2 is 0.923 bits per heavy atom. The number of aliphatic hydroxyl groups excluding tert-OH is 3. The van der Waals surface area contributed by atoms with Gasteiger partial charge < -0.3 is 15.3 Å². The van der Waals surface area contributed by atoms with E-state index in [1.54, 1.807) is 0 Å². The van der Waals surface area contributed by atoms with Crippen molar-refractivity contribution in [3.05, 3.63) is 38.0 Å². The van der Waals surface area contributed by atoms with E-state index >= 15 is 0 Å². The summed E-state index contributed by atoms with van der Waals surface area (Å²) >= 11 is 0. The molecule has 0 fully saturated rings. The molecule has 74 valence electrons. The number of rotatable bonds is 6. The zero-order valence-electron chi connectivity index (χ0n) is 7.50. The zero-order valence-corrected chi connectivity index (χ0v) is 7.50. The SMILES string of the molecule is C=CC(O)C(C(O)C=C)C(O)C=C. The summed E-state index contributed by atoms with van der Waals surface area (Å²) in [6.07, 6.45) is 0.807. The van der Waals surface area contributed by atoms with Gasteiger partial charge in [-0.05, 0) is 0 Å². The quantitative estimate of drug-likeness (QED) is 0.518. The van der Waals surface area contributed by atoms with E-state index in [1.165, 1.54) is 18.2 Å². The van der Waals surface area contributed by atoms with Gasteiger partial charge in [-0.1, -0.05) is 18.2 Å². The molecule has 0 aliphatic heterocycles. The minimum atomic E-state index is -0.985. The topological polar surface area (TPSA) is 60.7 Å². The lowest BCUT2D eigenvalue weighted by molar-refractivity contribution is -0.00260. The standard InChI is InChI=1S/C10H16O3/c1-4-7(11)10(8(12)5-2)9(13)6-3/h4-13H,1-3H2. The first-order valence-electron chi connectivity index (χ1n) is 4.00. The summed E-state index contributed by atoms with van der Waals surface area (Å²) < 4.78 is 0. The van der Waals surface area contributed by atoms with Gasteiger partial charge in [0.1, 0.15) is 0 Å². The molecule has 0 aromatic heterocycles. The van der Waals surface area contributed by atoms with Crippen molar-refractivity contribution in [2.24, 2.45) is 5.92 Å². The highest BCUT2D eigenvalue weighted by molar-refractivity contribution is 5.01. The summed E-state index contributed by atoms with van der Waals surface area (Å²) in [6, 6.07) is 0. The van der Waals surface area contributed by atoms with Crippen LogP contribution in [0.5, 0.6) is 0 Å². The molecule has 0 saturated heterocycles. The fourth-order valence-electron chi connectivity index (χ4n) is 1.08. The molecule has 13 heavy (non-hydrogen) atoms. The first kappa shape index (κ1) is 12.1. The molecule has 0 aromatic rings. The summed E-state index contributed by atoms with van der Waals surface area (Å²) in [4.78, 5) is 0. The Bertz CT molecular complexity index is 155. The molecule has 0 heterocycles. The molecule has 3 unspecified atom stereocenters. The molecule has 0 saturated carbocycles. The highest BCUT2D eigenvalue weighted by atomic mass is 16.3. The van der Waals surface area contributed by atoms with Crippen molar-refractivity contribution in [1.29, 1.82) is 0 Å². The van der Waals surface area contributed by atoms with Gasteiger partial charge >= 0.3 is 0 Å². The van der Waals surface area contributed by atoms with E-state index in [0.29, 0.717) is 0 Å². The molecule has 0 aliphatic carbocycles. The van der Waals surface area contributed by atoms with Crippen molar-refractivity contribution in [3.8, 4) is 0 Å². The smallest absolute Gasteiger partial charge is 0.0802 e. The van der Waals surface area contributed by atoms with Crippen LogP contribution >= 0.6 is 0 Å². The number of hydrogen-bond acceptors (Lipinski definition) is 3. The highest BCUT2D eigenvalue weighted by Crippen LogP contribution is 2.17. The molecule has 0 spiro atoms. The first-order valence-corrected chi connectivity index (χ1v) is 4.00. The minimum absolute atomic E-state index is 0.757. The molecule has 3 N–H and O–H groups in total. The fraction of sp³-hybridized carbons (Fsp3) is 0.400. The lowest BCUT2D eigenvalue weighted by Gasteiger charge is -2.26. The summed E-state index contributed by atoms with van der Waals surface area (Å²) in [5.41, 5.74) is 0. The van der Waals surface area contributed by atoms with Gasteiger partial charge in [-0.15, -0.1) is 19.7 Å². The third kappa shape index (κ3) is 3.14. The molecule has 0 amide bonds. The monoisotopic (exact) mass is 184 g/mol. The molecule has 0 rings (SSSR count). The van der Waals surface area contributed by atoms with Crippen molar-refractivity contribution in [1.82, 2.24) is 0 Å². The largest absolute Gasteiger partial charge is 0.389 e. The second kappa shape index (κ2) is 5.70. The van der Waals surface area contributed by atoms with Crippen LogP contribution in [-0.4, -0.2) is 33.6 Å². The summed E-state index contributed by atoms with van der Waals surface area (Å²) in [7, 11) is 0. The van der Waals surface area contributed by atoms with E-state index in [0.717, 1.165) is 0 Å². The molecule has 3 atom stereocenters. The Morgan fingerprint density at radius 1 is 0.692 bits per heavy atom. The molecular formula is C10H16O3. The average molecular weight is 184 g/mol. The maximum Gasteiger partial charge on any atom is 0.0802 e. The number of hydrogen-bond donors (Lipinski definition) is 3. The van der Waals surface area contributed by atoms with E-state index in [1.807, 2.05) is 0 Å². The second-order valence-electron chi connectivity index (χ2n) is 2.76. The van der Waals surface area contributed by atoms with Crippen LogP contribution in [0.25, 0.3) is 0 Å². The maximum atomic E-state index is 9.39. The summed E-state index contributed by atoms with van der Waals surface area (Å²) in [5, 5.41) is 28.2. The Balaban J connectivity index is 4.61. The molecule has 3 heteroatoms. The molecule has 0 aliphatic rings. The molecule has 0 aromatic carbocycles. The lowest BCUT2D eigenvalue weighted by Crippen LogP contribution is -2.37.